The zero-order chi connectivity index (χ0) is 9.56. The van der Waals surface area contributed by atoms with Crippen molar-refractivity contribution in [3.63, 3.8) is 0 Å². The Bertz CT molecular complexity index is 138. The summed E-state index contributed by atoms with van der Waals surface area (Å²) in [5, 5.41) is 9.14. The van der Waals surface area contributed by atoms with Crippen molar-refractivity contribution in [1.82, 2.24) is 0 Å². The molecule has 0 bridgehead atoms. The number of hydrogen-bond donors (Lipinski definition) is 0. The molecule has 0 spiro atoms. The molecular weight excluding hydrogens is 158 g/mol. The predicted molar refractivity (Wildman–Crippen MR) is 46.2 cm³/mol. The molecule has 0 N–H and O–H groups in total. The molecule has 0 heterocycles. The Hall–Kier alpha value is -0.800. The maximum absolute atomic E-state index is 9.87. The van der Waals surface area contributed by atoms with Crippen molar-refractivity contribution in [3.8, 4) is 0 Å². The standard InChI is InChI=1S/C8H17NO3/c1-4-5-7(2)8(3)6-12-9(10)11/h7-8H,4-6H2,1-3H3. The SMILES string of the molecule is CCCC(C)C(C)CO[N+](=O)[O-]. The zero-order valence-electron chi connectivity index (χ0n) is 7.95. The summed E-state index contributed by atoms with van der Waals surface area (Å²) in [4.78, 5) is 14.2. The molecule has 0 fully saturated rings. The van der Waals surface area contributed by atoms with Gasteiger partial charge in [-0.1, -0.05) is 33.6 Å². The summed E-state index contributed by atoms with van der Waals surface area (Å²) < 4.78 is 0. The Labute approximate surface area is 73.0 Å². The Kier molecular flexibility index (Phi) is 5.41. The van der Waals surface area contributed by atoms with Gasteiger partial charge in [-0.25, -0.2) is 0 Å². The fourth-order valence-electron chi connectivity index (χ4n) is 1.08. The van der Waals surface area contributed by atoms with Crippen molar-refractivity contribution in [1.29, 1.82) is 0 Å². The van der Waals surface area contributed by atoms with E-state index in [1.54, 1.807) is 0 Å². The average molecular weight is 175 g/mol. The lowest BCUT2D eigenvalue weighted by molar-refractivity contribution is -0.759. The molecule has 2 unspecified atom stereocenters. The smallest absolute Gasteiger partial charge is 0.294 e. The highest BCUT2D eigenvalue weighted by Gasteiger charge is 2.12. The second-order valence-electron chi connectivity index (χ2n) is 3.26. The van der Waals surface area contributed by atoms with E-state index < -0.39 is 5.09 Å². The highest BCUT2D eigenvalue weighted by Crippen LogP contribution is 2.16. The molecule has 4 nitrogen and oxygen atoms in total. The monoisotopic (exact) mass is 175 g/mol. The van der Waals surface area contributed by atoms with Gasteiger partial charge in [-0.15, -0.1) is 10.1 Å². The molecular formula is C8H17NO3. The highest BCUT2D eigenvalue weighted by molar-refractivity contribution is 4.59. The molecule has 0 rings (SSSR count). The van der Waals surface area contributed by atoms with Gasteiger partial charge in [0.25, 0.3) is 5.09 Å². The van der Waals surface area contributed by atoms with E-state index in [0.717, 1.165) is 12.8 Å². The Morgan fingerprint density at radius 3 is 2.42 bits per heavy atom. The van der Waals surface area contributed by atoms with Crippen molar-refractivity contribution in [2.24, 2.45) is 11.8 Å². The number of rotatable bonds is 6. The van der Waals surface area contributed by atoms with Gasteiger partial charge in [-0.3, -0.25) is 0 Å². The van der Waals surface area contributed by atoms with Crippen LogP contribution in [-0.4, -0.2) is 11.7 Å². The van der Waals surface area contributed by atoms with E-state index in [1.165, 1.54) is 0 Å². The molecule has 0 aromatic rings. The van der Waals surface area contributed by atoms with Crippen LogP contribution >= 0.6 is 0 Å². The fraction of sp³-hybridized carbons (Fsp3) is 1.00. The minimum atomic E-state index is -0.727. The quantitative estimate of drug-likeness (QED) is 0.459. The van der Waals surface area contributed by atoms with Gasteiger partial charge in [-0.2, -0.15) is 0 Å². The van der Waals surface area contributed by atoms with Crippen LogP contribution in [0.25, 0.3) is 0 Å². The van der Waals surface area contributed by atoms with Gasteiger partial charge in [0.1, 0.15) is 0 Å². The van der Waals surface area contributed by atoms with E-state index in [1.807, 2.05) is 6.92 Å². The second kappa shape index (κ2) is 5.80. The summed E-state index contributed by atoms with van der Waals surface area (Å²) in [6, 6.07) is 0. The molecule has 0 amide bonds. The van der Waals surface area contributed by atoms with Gasteiger partial charge in [0, 0.05) is 0 Å². The summed E-state index contributed by atoms with van der Waals surface area (Å²) in [7, 11) is 0. The van der Waals surface area contributed by atoms with Crippen LogP contribution in [0.3, 0.4) is 0 Å². The minimum Gasteiger partial charge on any atom is -0.314 e. The third-order valence-corrected chi connectivity index (χ3v) is 2.16. The van der Waals surface area contributed by atoms with E-state index in [4.69, 9.17) is 0 Å². The molecule has 2 atom stereocenters. The van der Waals surface area contributed by atoms with Crippen molar-refractivity contribution < 1.29 is 9.92 Å². The van der Waals surface area contributed by atoms with Gasteiger partial charge in [0.05, 0.1) is 6.61 Å². The van der Waals surface area contributed by atoms with Crippen molar-refractivity contribution >= 4 is 0 Å². The van der Waals surface area contributed by atoms with Crippen LogP contribution in [-0.2, 0) is 4.84 Å². The van der Waals surface area contributed by atoms with Gasteiger partial charge < -0.3 is 4.84 Å². The first-order chi connectivity index (χ1) is 5.57. The molecule has 0 saturated heterocycles. The maximum atomic E-state index is 9.87. The van der Waals surface area contributed by atoms with Crippen LogP contribution < -0.4 is 0 Å². The van der Waals surface area contributed by atoms with Crippen LogP contribution in [0.5, 0.6) is 0 Å². The Morgan fingerprint density at radius 2 is 2.00 bits per heavy atom. The van der Waals surface area contributed by atoms with Gasteiger partial charge in [-0.05, 0) is 11.8 Å². The molecule has 0 radical (unpaired) electrons. The van der Waals surface area contributed by atoms with E-state index in [0.29, 0.717) is 5.92 Å². The molecule has 0 aromatic heterocycles. The molecule has 0 aliphatic carbocycles. The van der Waals surface area contributed by atoms with E-state index >= 15 is 0 Å². The minimum absolute atomic E-state index is 0.216. The normalized spacial score (nSPS) is 15.2. The fourth-order valence-corrected chi connectivity index (χ4v) is 1.08. The first kappa shape index (κ1) is 11.2. The average Bonchev–Trinajstić information content (AvgIpc) is 2.00. The van der Waals surface area contributed by atoms with Crippen LogP contribution in [0.1, 0.15) is 33.6 Å². The molecule has 0 aliphatic rings. The topological polar surface area (TPSA) is 52.4 Å². The first-order valence-corrected chi connectivity index (χ1v) is 4.35. The Balaban J connectivity index is 3.55. The van der Waals surface area contributed by atoms with Crippen molar-refractivity contribution in [2.45, 2.75) is 33.6 Å². The summed E-state index contributed by atoms with van der Waals surface area (Å²) in [5.41, 5.74) is 0. The van der Waals surface area contributed by atoms with E-state index in [9.17, 15) is 10.1 Å². The largest absolute Gasteiger partial charge is 0.314 e. The third-order valence-electron chi connectivity index (χ3n) is 2.16. The molecule has 0 aromatic carbocycles. The zero-order valence-corrected chi connectivity index (χ0v) is 7.95. The Morgan fingerprint density at radius 1 is 1.42 bits per heavy atom. The summed E-state index contributed by atoms with van der Waals surface area (Å²) in [6.07, 6.45) is 2.21. The highest BCUT2D eigenvalue weighted by atomic mass is 16.9. The van der Waals surface area contributed by atoms with E-state index in [-0.39, 0.29) is 12.5 Å². The van der Waals surface area contributed by atoms with Crippen molar-refractivity contribution in [2.75, 3.05) is 6.61 Å². The first-order valence-electron chi connectivity index (χ1n) is 4.35. The molecule has 0 aliphatic heterocycles. The predicted octanol–water partition coefficient (Wildman–Crippen LogP) is 2.27. The lowest BCUT2D eigenvalue weighted by Gasteiger charge is -2.17. The maximum Gasteiger partial charge on any atom is 0.294 e. The van der Waals surface area contributed by atoms with Crippen LogP contribution in [0.15, 0.2) is 0 Å². The molecule has 0 saturated carbocycles. The molecule has 4 heteroatoms. The number of hydrogen-bond acceptors (Lipinski definition) is 3. The van der Waals surface area contributed by atoms with Crippen LogP contribution in [0.2, 0.25) is 0 Å². The lowest BCUT2D eigenvalue weighted by atomic mass is 9.93. The summed E-state index contributed by atoms with van der Waals surface area (Å²) in [5.74, 6) is 0.755. The van der Waals surface area contributed by atoms with Gasteiger partial charge in [0.2, 0.25) is 0 Å². The summed E-state index contributed by atoms with van der Waals surface area (Å²) >= 11 is 0. The number of nitrogens with zero attached hydrogens (tertiary/aromatic N) is 1. The van der Waals surface area contributed by atoms with Crippen LogP contribution in [0.4, 0.5) is 0 Å². The lowest BCUT2D eigenvalue weighted by Crippen LogP contribution is -2.16. The third kappa shape index (κ3) is 4.93. The van der Waals surface area contributed by atoms with Crippen molar-refractivity contribution in [3.05, 3.63) is 10.1 Å². The van der Waals surface area contributed by atoms with E-state index in [2.05, 4.69) is 18.7 Å². The summed E-state index contributed by atoms with van der Waals surface area (Å²) in [6.45, 7) is 6.40. The van der Waals surface area contributed by atoms with Gasteiger partial charge in [0.15, 0.2) is 0 Å². The van der Waals surface area contributed by atoms with Crippen LogP contribution in [0, 0.1) is 22.0 Å². The second-order valence-corrected chi connectivity index (χ2v) is 3.26. The van der Waals surface area contributed by atoms with Gasteiger partial charge >= 0.3 is 0 Å². The molecule has 12 heavy (non-hydrogen) atoms. The molecule has 72 valence electrons.